The molecule has 2 nitrogen and oxygen atoms in total. The van der Waals surface area contributed by atoms with Gasteiger partial charge in [-0.05, 0) is 80.1 Å². The zero-order chi connectivity index (χ0) is 18.4. The Balaban J connectivity index is 2.42. The Kier molecular flexibility index (Phi) is 6.69. The molecule has 2 aromatic rings. The van der Waals surface area contributed by atoms with Gasteiger partial charge >= 0.3 is 0 Å². The first-order valence-electron chi connectivity index (χ1n) is 9.31. The molecule has 2 rings (SSSR count). The van der Waals surface area contributed by atoms with Crippen LogP contribution in [0.3, 0.4) is 0 Å². The standard InChI is InChI=1S/C23H32N2/c1-7-11-24-20(6)16-25(22-10-9-18(4)19(5)14-22)23-13-17(3)12-21(8-2)15-23/h9-10,12-15,24H,6-8,11,16H2,1-5H3. The molecule has 0 heterocycles. The largest absolute Gasteiger partial charge is 0.387 e. The van der Waals surface area contributed by atoms with Crippen molar-refractivity contribution in [2.24, 2.45) is 0 Å². The molecule has 0 aromatic heterocycles. The third-order valence-corrected chi connectivity index (χ3v) is 4.62. The van der Waals surface area contributed by atoms with E-state index >= 15 is 0 Å². The number of anilines is 2. The van der Waals surface area contributed by atoms with Crippen LogP contribution in [0.15, 0.2) is 48.7 Å². The SMILES string of the molecule is C=C(CN(c1cc(C)cc(CC)c1)c1ccc(C)c(C)c1)NCCC. The molecule has 25 heavy (non-hydrogen) atoms. The first kappa shape index (κ1) is 19.1. The van der Waals surface area contributed by atoms with Crippen molar-refractivity contribution in [3.05, 3.63) is 70.9 Å². The average Bonchev–Trinajstić information content (AvgIpc) is 2.59. The fraction of sp³-hybridized carbons (Fsp3) is 0.391. The van der Waals surface area contributed by atoms with E-state index in [1.165, 1.54) is 33.6 Å². The van der Waals surface area contributed by atoms with Crippen LogP contribution in [0.5, 0.6) is 0 Å². The Morgan fingerprint density at radius 2 is 1.72 bits per heavy atom. The van der Waals surface area contributed by atoms with Crippen molar-refractivity contribution in [1.29, 1.82) is 0 Å². The number of hydrogen-bond acceptors (Lipinski definition) is 2. The van der Waals surface area contributed by atoms with Gasteiger partial charge in [-0.2, -0.15) is 0 Å². The van der Waals surface area contributed by atoms with Crippen LogP contribution in [-0.2, 0) is 6.42 Å². The number of hydrogen-bond donors (Lipinski definition) is 1. The van der Waals surface area contributed by atoms with E-state index in [1.54, 1.807) is 0 Å². The lowest BCUT2D eigenvalue weighted by atomic mass is 10.1. The maximum absolute atomic E-state index is 4.24. The van der Waals surface area contributed by atoms with Gasteiger partial charge in [-0.25, -0.2) is 0 Å². The van der Waals surface area contributed by atoms with Crippen LogP contribution in [0.1, 0.15) is 42.5 Å². The van der Waals surface area contributed by atoms with Crippen LogP contribution in [0.25, 0.3) is 0 Å². The van der Waals surface area contributed by atoms with E-state index in [2.05, 4.69) is 87.8 Å². The summed E-state index contributed by atoms with van der Waals surface area (Å²) < 4.78 is 0. The lowest BCUT2D eigenvalue weighted by Crippen LogP contribution is -2.27. The number of nitrogens with one attached hydrogen (secondary N) is 1. The van der Waals surface area contributed by atoms with E-state index in [4.69, 9.17) is 0 Å². The smallest absolute Gasteiger partial charge is 0.0622 e. The van der Waals surface area contributed by atoms with Gasteiger partial charge in [0.05, 0.1) is 6.54 Å². The van der Waals surface area contributed by atoms with E-state index in [0.29, 0.717) is 0 Å². The summed E-state index contributed by atoms with van der Waals surface area (Å²) in [6, 6.07) is 13.5. The Hall–Kier alpha value is -2.22. The van der Waals surface area contributed by atoms with Crippen molar-refractivity contribution in [2.75, 3.05) is 18.0 Å². The summed E-state index contributed by atoms with van der Waals surface area (Å²) in [6.45, 7) is 16.9. The normalized spacial score (nSPS) is 10.6. The third-order valence-electron chi connectivity index (χ3n) is 4.62. The highest BCUT2D eigenvalue weighted by atomic mass is 15.2. The Morgan fingerprint density at radius 3 is 2.36 bits per heavy atom. The van der Waals surface area contributed by atoms with Crippen LogP contribution < -0.4 is 10.2 Å². The molecule has 0 saturated heterocycles. The zero-order valence-corrected chi connectivity index (χ0v) is 16.4. The van der Waals surface area contributed by atoms with Gasteiger partial charge in [0.2, 0.25) is 0 Å². The summed E-state index contributed by atoms with van der Waals surface area (Å²) in [6.07, 6.45) is 2.15. The molecule has 0 bridgehead atoms. The summed E-state index contributed by atoms with van der Waals surface area (Å²) in [5, 5.41) is 3.44. The number of aryl methyl sites for hydroxylation is 4. The summed E-state index contributed by atoms with van der Waals surface area (Å²) in [5.74, 6) is 0. The minimum atomic E-state index is 0.773. The number of rotatable bonds is 8. The minimum absolute atomic E-state index is 0.773. The van der Waals surface area contributed by atoms with Gasteiger partial charge in [-0.15, -0.1) is 0 Å². The number of benzene rings is 2. The van der Waals surface area contributed by atoms with Gasteiger partial charge < -0.3 is 10.2 Å². The average molecular weight is 337 g/mol. The highest BCUT2D eigenvalue weighted by Crippen LogP contribution is 2.29. The van der Waals surface area contributed by atoms with Crippen LogP contribution in [0, 0.1) is 20.8 Å². The molecule has 2 aromatic carbocycles. The lowest BCUT2D eigenvalue weighted by molar-refractivity contribution is 0.750. The first-order chi connectivity index (χ1) is 11.9. The molecule has 0 aliphatic heterocycles. The molecule has 0 spiro atoms. The topological polar surface area (TPSA) is 15.3 Å². The molecule has 2 heteroatoms. The van der Waals surface area contributed by atoms with Crippen LogP contribution >= 0.6 is 0 Å². The maximum Gasteiger partial charge on any atom is 0.0622 e. The lowest BCUT2D eigenvalue weighted by Gasteiger charge is -2.28. The molecule has 134 valence electrons. The molecule has 1 N–H and O–H groups in total. The highest BCUT2D eigenvalue weighted by molar-refractivity contribution is 5.66. The Labute approximate surface area is 153 Å². The molecular weight excluding hydrogens is 304 g/mol. The van der Waals surface area contributed by atoms with Crippen LogP contribution in [0.2, 0.25) is 0 Å². The zero-order valence-electron chi connectivity index (χ0n) is 16.4. The summed E-state index contributed by atoms with van der Waals surface area (Å²) >= 11 is 0. The summed E-state index contributed by atoms with van der Waals surface area (Å²) in [4.78, 5) is 2.36. The van der Waals surface area contributed by atoms with Crippen molar-refractivity contribution in [3.8, 4) is 0 Å². The Morgan fingerprint density at radius 1 is 0.960 bits per heavy atom. The fourth-order valence-corrected chi connectivity index (χ4v) is 2.97. The molecule has 0 aliphatic carbocycles. The van der Waals surface area contributed by atoms with E-state index in [9.17, 15) is 0 Å². The van der Waals surface area contributed by atoms with Crippen molar-refractivity contribution in [1.82, 2.24) is 5.32 Å². The first-order valence-corrected chi connectivity index (χ1v) is 9.31. The number of nitrogens with zero attached hydrogens (tertiary/aromatic N) is 1. The summed E-state index contributed by atoms with van der Waals surface area (Å²) in [7, 11) is 0. The van der Waals surface area contributed by atoms with Gasteiger partial charge in [0.25, 0.3) is 0 Å². The van der Waals surface area contributed by atoms with E-state index in [1.807, 2.05) is 0 Å². The van der Waals surface area contributed by atoms with Crippen molar-refractivity contribution in [3.63, 3.8) is 0 Å². The molecule has 0 radical (unpaired) electrons. The fourth-order valence-electron chi connectivity index (χ4n) is 2.97. The molecule has 0 atom stereocenters. The van der Waals surface area contributed by atoms with E-state index in [0.717, 1.165) is 31.6 Å². The second-order valence-corrected chi connectivity index (χ2v) is 6.92. The van der Waals surface area contributed by atoms with Gasteiger partial charge in [-0.3, -0.25) is 0 Å². The predicted molar refractivity (Wildman–Crippen MR) is 111 cm³/mol. The Bertz CT molecular complexity index is 731. The van der Waals surface area contributed by atoms with Crippen LogP contribution in [-0.4, -0.2) is 13.1 Å². The van der Waals surface area contributed by atoms with E-state index < -0.39 is 0 Å². The van der Waals surface area contributed by atoms with Gasteiger partial charge in [0.15, 0.2) is 0 Å². The molecular formula is C23H32N2. The van der Waals surface area contributed by atoms with Crippen molar-refractivity contribution >= 4 is 11.4 Å². The highest BCUT2D eigenvalue weighted by Gasteiger charge is 2.13. The van der Waals surface area contributed by atoms with Crippen molar-refractivity contribution < 1.29 is 0 Å². The molecule has 0 amide bonds. The van der Waals surface area contributed by atoms with Crippen molar-refractivity contribution in [2.45, 2.75) is 47.5 Å². The van der Waals surface area contributed by atoms with Gasteiger partial charge in [0, 0.05) is 23.6 Å². The monoisotopic (exact) mass is 336 g/mol. The quantitative estimate of drug-likeness (QED) is 0.653. The third kappa shape index (κ3) is 5.12. The minimum Gasteiger partial charge on any atom is -0.387 e. The summed E-state index contributed by atoms with van der Waals surface area (Å²) in [5.41, 5.74) is 8.82. The molecule has 0 fully saturated rings. The van der Waals surface area contributed by atoms with Gasteiger partial charge in [0.1, 0.15) is 0 Å². The molecule has 0 aliphatic rings. The van der Waals surface area contributed by atoms with E-state index in [-0.39, 0.29) is 0 Å². The molecule has 0 unspecified atom stereocenters. The maximum atomic E-state index is 4.24. The van der Waals surface area contributed by atoms with Gasteiger partial charge in [-0.1, -0.05) is 32.6 Å². The predicted octanol–water partition coefficient (Wildman–Crippen LogP) is 5.83. The molecule has 0 saturated carbocycles. The second kappa shape index (κ2) is 8.75. The van der Waals surface area contributed by atoms with Crippen LogP contribution in [0.4, 0.5) is 11.4 Å². The second-order valence-electron chi connectivity index (χ2n) is 6.92.